The number of amides is 1. The van der Waals surface area contributed by atoms with Crippen molar-refractivity contribution in [3.8, 4) is 11.5 Å². The number of nitrogens with zero attached hydrogens (tertiary/aromatic N) is 2. The lowest BCUT2D eigenvalue weighted by atomic mass is 10.1. The summed E-state index contributed by atoms with van der Waals surface area (Å²) in [6.07, 6.45) is 0. The van der Waals surface area contributed by atoms with E-state index in [0.29, 0.717) is 29.1 Å². The van der Waals surface area contributed by atoms with Gasteiger partial charge < -0.3 is 14.4 Å². The molecule has 7 heteroatoms. The van der Waals surface area contributed by atoms with E-state index in [2.05, 4.69) is 4.98 Å². The standard InChI is InChI=1S/C21H22N2O4S/c1-12-6-7-15(13(2)22-12)10-26-16-8-17(21(25)23(4)5)20-18(27-14(3)24)11-28-19(20)9-16/h6-9,11H,10H2,1-5H3. The van der Waals surface area contributed by atoms with Gasteiger partial charge >= 0.3 is 5.97 Å². The van der Waals surface area contributed by atoms with E-state index in [4.69, 9.17) is 9.47 Å². The quantitative estimate of drug-likeness (QED) is 0.605. The molecule has 0 aliphatic heterocycles. The van der Waals surface area contributed by atoms with Crippen LogP contribution in [0.25, 0.3) is 10.1 Å². The van der Waals surface area contributed by atoms with Crippen molar-refractivity contribution in [1.82, 2.24) is 9.88 Å². The van der Waals surface area contributed by atoms with Crippen LogP contribution in [0.5, 0.6) is 11.5 Å². The van der Waals surface area contributed by atoms with Gasteiger partial charge in [-0.25, -0.2) is 0 Å². The highest BCUT2D eigenvalue weighted by Crippen LogP contribution is 2.38. The zero-order valence-corrected chi connectivity index (χ0v) is 17.3. The van der Waals surface area contributed by atoms with Gasteiger partial charge in [0.1, 0.15) is 18.1 Å². The van der Waals surface area contributed by atoms with Gasteiger partial charge in [-0.05, 0) is 32.0 Å². The molecular weight excluding hydrogens is 376 g/mol. The average Bonchev–Trinajstić information content (AvgIpc) is 3.01. The lowest BCUT2D eigenvalue weighted by molar-refractivity contribution is -0.131. The Balaban J connectivity index is 1.99. The van der Waals surface area contributed by atoms with Crippen LogP contribution >= 0.6 is 11.3 Å². The van der Waals surface area contributed by atoms with Gasteiger partial charge in [-0.1, -0.05) is 6.07 Å². The Kier molecular flexibility index (Phi) is 5.65. The van der Waals surface area contributed by atoms with Crippen LogP contribution in [-0.4, -0.2) is 35.9 Å². The van der Waals surface area contributed by atoms with Crippen molar-refractivity contribution in [3.05, 3.63) is 52.2 Å². The summed E-state index contributed by atoms with van der Waals surface area (Å²) in [6.45, 7) is 5.58. The molecule has 0 saturated carbocycles. The van der Waals surface area contributed by atoms with Crippen molar-refractivity contribution in [2.24, 2.45) is 0 Å². The molecule has 3 rings (SSSR count). The normalized spacial score (nSPS) is 10.8. The summed E-state index contributed by atoms with van der Waals surface area (Å²) in [5.41, 5.74) is 3.30. The van der Waals surface area contributed by atoms with Gasteiger partial charge in [0.15, 0.2) is 0 Å². The Labute approximate surface area is 167 Å². The smallest absolute Gasteiger partial charge is 0.308 e. The van der Waals surface area contributed by atoms with Gasteiger partial charge in [0, 0.05) is 53.4 Å². The number of carbonyl (C=O) groups excluding carboxylic acids is 2. The van der Waals surface area contributed by atoms with Crippen molar-refractivity contribution < 1.29 is 19.1 Å². The number of aromatic nitrogens is 1. The van der Waals surface area contributed by atoms with Crippen LogP contribution in [0.1, 0.15) is 34.2 Å². The molecule has 0 N–H and O–H groups in total. The van der Waals surface area contributed by atoms with E-state index in [1.54, 1.807) is 25.5 Å². The molecule has 0 aliphatic rings. The Morgan fingerprint density at radius 3 is 2.57 bits per heavy atom. The summed E-state index contributed by atoms with van der Waals surface area (Å²) in [7, 11) is 3.36. The predicted octanol–water partition coefficient (Wildman–Crippen LogP) is 4.12. The van der Waals surface area contributed by atoms with Crippen molar-refractivity contribution in [3.63, 3.8) is 0 Å². The fourth-order valence-electron chi connectivity index (χ4n) is 2.87. The molecule has 0 saturated heterocycles. The van der Waals surface area contributed by atoms with Crippen molar-refractivity contribution in [1.29, 1.82) is 0 Å². The molecule has 2 aromatic heterocycles. The number of fused-ring (bicyclic) bond motifs is 1. The first-order chi connectivity index (χ1) is 13.3. The van der Waals surface area contributed by atoms with E-state index in [-0.39, 0.29) is 5.91 Å². The first-order valence-corrected chi connectivity index (χ1v) is 9.65. The molecule has 3 aromatic rings. The number of hydrogen-bond acceptors (Lipinski definition) is 6. The first kappa shape index (κ1) is 19.8. The van der Waals surface area contributed by atoms with Crippen molar-refractivity contribution in [2.75, 3.05) is 14.1 Å². The van der Waals surface area contributed by atoms with E-state index in [1.807, 2.05) is 32.0 Å². The number of carbonyl (C=O) groups is 2. The number of benzene rings is 1. The molecule has 0 fully saturated rings. The summed E-state index contributed by atoms with van der Waals surface area (Å²) in [6, 6.07) is 7.49. The van der Waals surface area contributed by atoms with Gasteiger partial charge in [0.25, 0.3) is 5.91 Å². The van der Waals surface area contributed by atoms with Crippen LogP contribution in [0.2, 0.25) is 0 Å². The zero-order valence-electron chi connectivity index (χ0n) is 16.5. The SMILES string of the molecule is CC(=O)Oc1csc2cc(OCc3ccc(C)nc3C)cc(C(=O)N(C)C)c12. The van der Waals surface area contributed by atoms with Gasteiger partial charge in [0.2, 0.25) is 0 Å². The number of hydrogen-bond donors (Lipinski definition) is 0. The third kappa shape index (κ3) is 4.14. The van der Waals surface area contributed by atoms with Gasteiger partial charge in [-0.2, -0.15) is 0 Å². The Morgan fingerprint density at radius 1 is 1.18 bits per heavy atom. The fourth-order valence-corrected chi connectivity index (χ4v) is 3.78. The van der Waals surface area contributed by atoms with Crippen molar-refractivity contribution >= 4 is 33.3 Å². The van der Waals surface area contributed by atoms with Gasteiger partial charge in [0.05, 0.1) is 5.56 Å². The molecule has 0 unspecified atom stereocenters. The molecule has 28 heavy (non-hydrogen) atoms. The largest absolute Gasteiger partial charge is 0.489 e. The van der Waals surface area contributed by atoms with Crippen molar-refractivity contribution in [2.45, 2.75) is 27.4 Å². The van der Waals surface area contributed by atoms with Crippen LogP contribution in [0.3, 0.4) is 0 Å². The molecule has 0 atom stereocenters. The minimum Gasteiger partial charge on any atom is -0.489 e. The second kappa shape index (κ2) is 7.98. The molecule has 6 nitrogen and oxygen atoms in total. The molecule has 146 valence electrons. The Hall–Kier alpha value is -2.93. The summed E-state index contributed by atoms with van der Waals surface area (Å²) < 4.78 is 12.1. The molecule has 2 heterocycles. The number of rotatable bonds is 5. The van der Waals surface area contributed by atoms with Gasteiger partial charge in [-0.3, -0.25) is 14.6 Å². The molecule has 0 spiro atoms. The maximum absolute atomic E-state index is 12.7. The van der Waals surface area contributed by atoms with E-state index in [1.165, 1.54) is 23.2 Å². The van der Waals surface area contributed by atoms with Crippen LogP contribution in [0, 0.1) is 13.8 Å². The van der Waals surface area contributed by atoms with Crippen LogP contribution in [-0.2, 0) is 11.4 Å². The van der Waals surface area contributed by atoms with Crippen LogP contribution in [0.15, 0.2) is 29.6 Å². The van der Waals surface area contributed by atoms with E-state index >= 15 is 0 Å². The highest BCUT2D eigenvalue weighted by atomic mass is 32.1. The van der Waals surface area contributed by atoms with Gasteiger partial charge in [-0.15, -0.1) is 11.3 Å². The van der Waals surface area contributed by atoms with Crippen LogP contribution < -0.4 is 9.47 Å². The van der Waals surface area contributed by atoms with E-state index in [0.717, 1.165) is 21.7 Å². The maximum atomic E-state index is 12.7. The zero-order chi connectivity index (χ0) is 20.4. The second-order valence-electron chi connectivity index (χ2n) is 6.72. The molecular formula is C21H22N2O4S. The Morgan fingerprint density at radius 2 is 1.93 bits per heavy atom. The molecule has 1 aromatic carbocycles. The van der Waals surface area contributed by atoms with E-state index < -0.39 is 5.97 Å². The number of esters is 1. The highest BCUT2D eigenvalue weighted by Gasteiger charge is 2.20. The minimum atomic E-state index is -0.425. The van der Waals surface area contributed by atoms with Crippen LogP contribution in [0.4, 0.5) is 0 Å². The predicted molar refractivity (Wildman–Crippen MR) is 109 cm³/mol. The third-order valence-corrected chi connectivity index (χ3v) is 5.14. The molecule has 1 amide bonds. The number of thiophene rings is 1. The Bertz CT molecular complexity index is 1060. The average molecular weight is 398 g/mol. The molecule has 0 aliphatic carbocycles. The van der Waals surface area contributed by atoms with E-state index in [9.17, 15) is 9.59 Å². The second-order valence-corrected chi connectivity index (χ2v) is 7.63. The summed E-state index contributed by atoms with van der Waals surface area (Å²) in [5, 5.41) is 2.36. The fraction of sp³-hybridized carbons (Fsp3) is 0.286. The lowest BCUT2D eigenvalue weighted by Crippen LogP contribution is -2.22. The molecule has 0 radical (unpaired) electrons. The highest BCUT2D eigenvalue weighted by molar-refractivity contribution is 7.17. The topological polar surface area (TPSA) is 68.7 Å². The first-order valence-electron chi connectivity index (χ1n) is 8.77. The minimum absolute atomic E-state index is 0.185. The summed E-state index contributed by atoms with van der Waals surface area (Å²) >= 11 is 1.40. The lowest BCUT2D eigenvalue weighted by Gasteiger charge is -2.15. The monoisotopic (exact) mass is 398 g/mol. The third-order valence-electron chi connectivity index (χ3n) is 4.23. The number of pyridine rings is 1. The summed E-state index contributed by atoms with van der Waals surface area (Å²) in [4.78, 5) is 30.1. The maximum Gasteiger partial charge on any atom is 0.308 e. The number of aryl methyl sites for hydroxylation is 2. The summed E-state index contributed by atoms with van der Waals surface area (Å²) in [5.74, 6) is 0.359. The number of ether oxygens (including phenoxy) is 2. The molecule has 0 bridgehead atoms.